The van der Waals surface area contributed by atoms with Gasteiger partial charge in [-0.15, -0.1) is 11.8 Å². The maximum absolute atomic E-state index is 11.6. The third kappa shape index (κ3) is 6.28. The Bertz CT molecular complexity index is 444. The lowest BCUT2D eigenvalue weighted by Crippen LogP contribution is -2.28. The van der Waals surface area contributed by atoms with Crippen molar-refractivity contribution in [1.82, 2.24) is 4.72 Å². The van der Waals surface area contributed by atoms with E-state index in [1.54, 1.807) is 0 Å². The molecule has 1 rings (SSSR count). The molecule has 0 amide bonds. The SMILES string of the molecule is CCCCNS(=O)(=O)CCSc1ccc(N)cc1. The second kappa shape index (κ2) is 7.66. The minimum atomic E-state index is -3.13. The number of rotatable bonds is 8. The number of hydrogen-bond acceptors (Lipinski definition) is 4. The normalized spacial score (nSPS) is 11.6. The lowest BCUT2D eigenvalue weighted by atomic mass is 10.3. The van der Waals surface area contributed by atoms with Crippen molar-refractivity contribution in [3.05, 3.63) is 24.3 Å². The van der Waals surface area contributed by atoms with Gasteiger partial charge in [0, 0.05) is 22.9 Å². The van der Waals surface area contributed by atoms with Gasteiger partial charge >= 0.3 is 0 Å². The summed E-state index contributed by atoms with van der Waals surface area (Å²) < 4.78 is 25.8. The molecule has 0 atom stereocenters. The first-order chi connectivity index (χ1) is 8.53. The summed E-state index contributed by atoms with van der Waals surface area (Å²) in [4.78, 5) is 1.04. The van der Waals surface area contributed by atoms with Gasteiger partial charge in [-0.25, -0.2) is 13.1 Å². The van der Waals surface area contributed by atoms with Crippen molar-refractivity contribution < 1.29 is 8.42 Å². The Hall–Kier alpha value is -0.720. The third-order valence-corrected chi connectivity index (χ3v) is 5.01. The molecule has 0 fully saturated rings. The van der Waals surface area contributed by atoms with E-state index in [-0.39, 0.29) is 5.75 Å². The van der Waals surface area contributed by atoms with Crippen LogP contribution < -0.4 is 10.5 Å². The Morgan fingerprint density at radius 1 is 1.28 bits per heavy atom. The van der Waals surface area contributed by atoms with Crippen LogP contribution in [0.4, 0.5) is 5.69 Å². The molecule has 0 aromatic heterocycles. The van der Waals surface area contributed by atoms with Crippen LogP contribution in [0.15, 0.2) is 29.2 Å². The summed E-state index contributed by atoms with van der Waals surface area (Å²) >= 11 is 1.52. The van der Waals surface area contributed by atoms with E-state index >= 15 is 0 Å². The van der Waals surface area contributed by atoms with Gasteiger partial charge in [-0.05, 0) is 30.7 Å². The summed E-state index contributed by atoms with van der Waals surface area (Å²) in [5.41, 5.74) is 6.29. The molecule has 18 heavy (non-hydrogen) atoms. The Balaban J connectivity index is 2.30. The van der Waals surface area contributed by atoms with Gasteiger partial charge in [-0.1, -0.05) is 13.3 Å². The van der Waals surface area contributed by atoms with E-state index in [0.29, 0.717) is 18.0 Å². The van der Waals surface area contributed by atoms with E-state index in [2.05, 4.69) is 4.72 Å². The second-order valence-electron chi connectivity index (χ2n) is 3.98. The van der Waals surface area contributed by atoms with Crippen LogP contribution in [0.2, 0.25) is 0 Å². The Morgan fingerprint density at radius 3 is 2.56 bits per heavy atom. The molecule has 3 N–H and O–H groups in total. The highest BCUT2D eigenvalue weighted by atomic mass is 32.2. The van der Waals surface area contributed by atoms with E-state index < -0.39 is 10.0 Å². The summed E-state index contributed by atoms with van der Waals surface area (Å²) in [7, 11) is -3.13. The highest BCUT2D eigenvalue weighted by Gasteiger charge is 2.08. The number of hydrogen-bond donors (Lipinski definition) is 2. The van der Waals surface area contributed by atoms with Gasteiger partial charge in [0.05, 0.1) is 5.75 Å². The lowest BCUT2D eigenvalue weighted by molar-refractivity contribution is 0.580. The number of nitrogens with two attached hydrogens (primary N) is 1. The standard InChI is InChI=1S/C12H20N2O2S2/c1-2-3-8-14-18(15,16)10-9-17-12-6-4-11(13)5-7-12/h4-7,14H,2-3,8-10,13H2,1H3. The molecular weight excluding hydrogens is 268 g/mol. The van der Waals surface area contributed by atoms with Crippen molar-refractivity contribution in [1.29, 1.82) is 0 Å². The first kappa shape index (κ1) is 15.3. The highest BCUT2D eigenvalue weighted by molar-refractivity contribution is 8.00. The van der Waals surface area contributed by atoms with Crippen molar-refractivity contribution in [3.63, 3.8) is 0 Å². The van der Waals surface area contributed by atoms with E-state index in [9.17, 15) is 8.42 Å². The number of thioether (sulfide) groups is 1. The number of benzene rings is 1. The lowest BCUT2D eigenvalue weighted by Gasteiger charge is -2.06. The topological polar surface area (TPSA) is 72.2 Å². The van der Waals surface area contributed by atoms with Crippen LogP contribution in [0.3, 0.4) is 0 Å². The molecule has 0 spiro atoms. The average Bonchev–Trinajstić information content (AvgIpc) is 2.32. The first-order valence-corrected chi connectivity index (χ1v) is 8.63. The first-order valence-electron chi connectivity index (χ1n) is 5.99. The van der Waals surface area contributed by atoms with Gasteiger partial charge in [0.2, 0.25) is 10.0 Å². The summed E-state index contributed by atoms with van der Waals surface area (Å²) in [6.07, 6.45) is 1.87. The van der Waals surface area contributed by atoms with E-state index in [1.807, 2.05) is 31.2 Å². The quantitative estimate of drug-likeness (QED) is 0.436. The van der Waals surface area contributed by atoms with Gasteiger partial charge in [-0.2, -0.15) is 0 Å². The molecule has 0 radical (unpaired) electrons. The molecule has 102 valence electrons. The summed E-state index contributed by atoms with van der Waals surface area (Å²) in [6, 6.07) is 7.43. The molecule has 0 aliphatic rings. The predicted molar refractivity (Wildman–Crippen MR) is 78.3 cm³/mol. The van der Waals surface area contributed by atoms with Gasteiger partial charge in [-0.3, -0.25) is 0 Å². The molecule has 0 bridgehead atoms. The molecule has 0 saturated heterocycles. The molecule has 1 aromatic rings. The number of nitrogens with one attached hydrogen (secondary N) is 1. The second-order valence-corrected chi connectivity index (χ2v) is 7.08. The van der Waals surface area contributed by atoms with Crippen LogP contribution >= 0.6 is 11.8 Å². The summed E-state index contributed by atoms with van der Waals surface area (Å²) in [5.74, 6) is 0.692. The zero-order valence-corrected chi connectivity index (χ0v) is 12.2. The van der Waals surface area contributed by atoms with E-state index in [1.165, 1.54) is 11.8 Å². The van der Waals surface area contributed by atoms with Gasteiger partial charge in [0.25, 0.3) is 0 Å². The minimum Gasteiger partial charge on any atom is -0.399 e. The van der Waals surface area contributed by atoms with Crippen molar-refractivity contribution in [2.75, 3.05) is 23.8 Å². The summed E-state index contributed by atoms with van der Waals surface area (Å²) in [5, 5.41) is 0. The van der Waals surface area contributed by atoms with Gasteiger partial charge in [0.1, 0.15) is 0 Å². The Morgan fingerprint density at radius 2 is 1.94 bits per heavy atom. The number of sulfonamides is 1. The molecule has 0 saturated carbocycles. The molecule has 0 aliphatic heterocycles. The fourth-order valence-corrected chi connectivity index (χ4v) is 3.68. The van der Waals surface area contributed by atoms with Crippen molar-refractivity contribution in [2.45, 2.75) is 24.7 Å². The van der Waals surface area contributed by atoms with Crippen LogP contribution in [0.1, 0.15) is 19.8 Å². The number of anilines is 1. The Kier molecular flexibility index (Phi) is 6.52. The zero-order chi connectivity index (χ0) is 13.4. The maximum Gasteiger partial charge on any atom is 0.212 e. The predicted octanol–water partition coefficient (Wildman–Crippen LogP) is 2.08. The summed E-state index contributed by atoms with van der Waals surface area (Å²) in [6.45, 7) is 2.57. The van der Waals surface area contributed by atoms with Crippen molar-refractivity contribution in [3.8, 4) is 0 Å². The van der Waals surface area contributed by atoms with Crippen molar-refractivity contribution in [2.24, 2.45) is 0 Å². The zero-order valence-electron chi connectivity index (χ0n) is 10.6. The van der Waals surface area contributed by atoms with Crippen LogP contribution in [-0.2, 0) is 10.0 Å². The smallest absolute Gasteiger partial charge is 0.212 e. The molecule has 6 heteroatoms. The van der Waals surface area contributed by atoms with Crippen LogP contribution in [0.25, 0.3) is 0 Å². The number of unbranched alkanes of at least 4 members (excludes halogenated alkanes) is 1. The average molecular weight is 288 g/mol. The van der Waals surface area contributed by atoms with Gasteiger partial charge in [0.15, 0.2) is 0 Å². The molecule has 4 nitrogen and oxygen atoms in total. The third-order valence-electron chi connectivity index (χ3n) is 2.35. The molecule has 0 aliphatic carbocycles. The fraction of sp³-hybridized carbons (Fsp3) is 0.500. The molecule has 1 aromatic carbocycles. The van der Waals surface area contributed by atoms with Gasteiger partial charge < -0.3 is 5.73 Å². The van der Waals surface area contributed by atoms with Crippen LogP contribution in [0.5, 0.6) is 0 Å². The minimum absolute atomic E-state index is 0.145. The van der Waals surface area contributed by atoms with E-state index in [0.717, 1.165) is 17.7 Å². The fourth-order valence-electron chi connectivity index (χ4n) is 1.31. The molecule has 0 unspecified atom stereocenters. The molecule has 0 heterocycles. The monoisotopic (exact) mass is 288 g/mol. The Labute approximate surface area is 113 Å². The van der Waals surface area contributed by atoms with Crippen LogP contribution in [-0.4, -0.2) is 26.5 Å². The largest absolute Gasteiger partial charge is 0.399 e. The molecular formula is C12H20N2O2S2. The number of nitrogen functional groups attached to an aromatic ring is 1. The van der Waals surface area contributed by atoms with Crippen LogP contribution in [0, 0.1) is 0 Å². The van der Waals surface area contributed by atoms with E-state index in [4.69, 9.17) is 5.73 Å². The highest BCUT2D eigenvalue weighted by Crippen LogP contribution is 2.19. The van der Waals surface area contributed by atoms with Crippen molar-refractivity contribution >= 4 is 27.5 Å². The maximum atomic E-state index is 11.6.